The number of methoxy groups -OCH3 is 4. The highest BCUT2D eigenvalue weighted by Crippen LogP contribution is 2.32. The topological polar surface area (TPSA) is 105 Å². The molecule has 0 aromatic rings. The van der Waals surface area contributed by atoms with Crippen molar-refractivity contribution in [2.24, 2.45) is 0 Å². The Hall–Kier alpha value is -0.360. The van der Waals surface area contributed by atoms with Gasteiger partial charge in [0.25, 0.3) is 0 Å². The Morgan fingerprint density at radius 1 is 0.826 bits per heavy atom. The van der Waals surface area contributed by atoms with Gasteiger partial charge in [-0.1, -0.05) is 0 Å². The van der Waals surface area contributed by atoms with Crippen molar-refractivity contribution in [1.82, 2.24) is 0 Å². The van der Waals surface area contributed by atoms with Gasteiger partial charge in [0.2, 0.25) is 0 Å². The number of hydrogen-bond acceptors (Lipinski definition) is 9. The molecule has 0 bridgehead atoms. The van der Waals surface area contributed by atoms with Gasteiger partial charge in [0.05, 0.1) is 13.2 Å². The minimum absolute atomic E-state index is 0.318. The zero-order valence-electron chi connectivity index (χ0n) is 13.8. The monoisotopic (exact) mass is 338 g/mol. The van der Waals surface area contributed by atoms with Gasteiger partial charge in [0, 0.05) is 28.4 Å². The summed E-state index contributed by atoms with van der Waals surface area (Å²) in [6.07, 6.45) is -5.34. The van der Waals surface area contributed by atoms with E-state index in [1.165, 1.54) is 14.2 Å². The van der Waals surface area contributed by atoms with E-state index in [1.807, 2.05) is 0 Å². The van der Waals surface area contributed by atoms with Crippen LogP contribution in [0.15, 0.2) is 0 Å². The van der Waals surface area contributed by atoms with Gasteiger partial charge in [0.1, 0.15) is 36.6 Å². The number of ether oxygens (including phenoxy) is 7. The minimum Gasteiger partial charge on any atom is -0.394 e. The minimum atomic E-state index is -1.18. The standard InChI is InChI=1S/C14H26O9/c1-17-6-8-9(18-2)12(20-4)14(22-8)23-10-7(5-15)21-13(16)11(10)19-3/h7-16H,5-6H2,1-4H3/t7-,8+,9+,10+,11+,12-,13+,14+/m1/s1. The zero-order chi connectivity index (χ0) is 17.0. The average molecular weight is 338 g/mol. The van der Waals surface area contributed by atoms with Crippen LogP contribution >= 0.6 is 0 Å². The van der Waals surface area contributed by atoms with Gasteiger partial charge in [-0.2, -0.15) is 0 Å². The van der Waals surface area contributed by atoms with Gasteiger partial charge >= 0.3 is 0 Å². The lowest BCUT2D eigenvalue weighted by Gasteiger charge is -2.27. The smallest absolute Gasteiger partial charge is 0.187 e. The van der Waals surface area contributed by atoms with Gasteiger partial charge in [-0.3, -0.25) is 0 Å². The number of aliphatic hydroxyl groups excluding tert-OH is 2. The summed E-state index contributed by atoms with van der Waals surface area (Å²) in [6, 6.07) is 0. The number of rotatable bonds is 8. The summed E-state index contributed by atoms with van der Waals surface area (Å²) >= 11 is 0. The molecule has 2 fully saturated rings. The first-order chi connectivity index (χ1) is 11.1. The van der Waals surface area contributed by atoms with Crippen LogP contribution in [0.5, 0.6) is 0 Å². The molecule has 0 aromatic heterocycles. The van der Waals surface area contributed by atoms with Crippen molar-refractivity contribution in [3.63, 3.8) is 0 Å². The van der Waals surface area contributed by atoms with Crippen molar-refractivity contribution in [3.8, 4) is 0 Å². The molecule has 136 valence electrons. The normalized spacial score (nSPS) is 44.1. The molecule has 0 aromatic carbocycles. The first kappa shape index (κ1) is 19.0. The highest BCUT2D eigenvalue weighted by atomic mass is 16.8. The lowest BCUT2D eigenvalue weighted by atomic mass is 10.1. The molecular formula is C14H26O9. The zero-order valence-corrected chi connectivity index (χ0v) is 13.8. The summed E-state index contributed by atoms with van der Waals surface area (Å²) in [5, 5.41) is 19.2. The third-order valence-electron chi connectivity index (χ3n) is 4.17. The predicted octanol–water partition coefficient (Wildman–Crippen LogP) is -1.50. The third-order valence-corrected chi connectivity index (χ3v) is 4.17. The van der Waals surface area contributed by atoms with Crippen molar-refractivity contribution in [3.05, 3.63) is 0 Å². The van der Waals surface area contributed by atoms with Gasteiger partial charge in [-0.05, 0) is 0 Å². The fourth-order valence-corrected chi connectivity index (χ4v) is 3.06. The highest BCUT2D eigenvalue weighted by molar-refractivity contribution is 4.93. The maximum Gasteiger partial charge on any atom is 0.187 e. The Labute approximate surface area is 135 Å². The van der Waals surface area contributed by atoms with Crippen molar-refractivity contribution in [2.75, 3.05) is 41.7 Å². The quantitative estimate of drug-likeness (QED) is 0.547. The molecule has 2 aliphatic rings. The van der Waals surface area contributed by atoms with E-state index in [0.717, 1.165) is 0 Å². The summed E-state index contributed by atoms with van der Waals surface area (Å²) in [6.45, 7) is 0.000312. The second-order valence-electron chi connectivity index (χ2n) is 5.45. The Bertz CT molecular complexity index is 355. The van der Waals surface area contributed by atoms with E-state index in [4.69, 9.17) is 33.2 Å². The fraction of sp³-hybridized carbons (Fsp3) is 1.00. The van der Waals surface area contributed by atoms with Crippen LogP contribution in [0.2, 0.25) is 0 Å². The molecule has 2 aliphatic heterocycles. The van der Waals surface area contributed by atoms with E-state index >= 15 is 0 Å². The molecule has 23 heavy (non-hydrogen) atoms. The first-order valence-electron chi connectivity index (χ1n) is 7.43. The molecule has 0 aliphatic carbocycles. The van der Waals surface area contributed by atoms with Gasteiger partial charge < -0.3 is 43.4 Å². The van der Waals surface area contributed by atoms with Gasteiger partial charge in [-0.25, -0.2) is 0 Å². The van der Waals surface area contributed by atoms with Crippen LogP contribution in [0.1, 0.15) is 0 Å². The Morgan fingerprint density at radius 2 is 1.48 bits per heavy atom. The molecule has 2 rings (SSSR count). The van der Waals surface area contributed by atoms with Crippen molar-refractivity contribution < 1.29 is 43.4 Å². The largest absolute Gasteiger partial charge is 0.394 e. The predicted molar refractivity (Wildman–Crippen MR) is 75.8 cm³/mol. The van der Waals surface area contributed by atoms with E-state index in [9.17, 15) is 10.2 Å². The van der Waals surface area contributed by atoms with Crippen molar-refractivity contribution in [1.29, 1.82) is 0 Å². The second kappa shape index (κ2) is 8.65. The van der Waals surface area contributed by atoms with Crippen LogP contribution in [0.3, 0.4) is 0 Å². The van der Waals surface area contributed by atoms with E-state index < -0.39 is 37.0 Å². The maximum atomic E-state index is 9.84. The molecule has 8 atom stereocenters. The molecule has 0 unspecified atom stereocenters. The summed E-state index contributed by atoms with van der Waals surface area (Å²) in [5.41, 5.74) is 0. The SMILES string of the molecule is COC[C@@H]1O[C@@H](O[C@@H]2[C@H](OC)[C@@H](O)O[C@@H]2CO)[C@H](OC)[C@H]1OC. The molecule has 2 N–H and O–H groups in total. The van der Waals surface area contributed by atoms with Crippen LogP contribution < -0.4 is 0 Å². The summed E-state index contributed by atoms with van der Waals surface area (Å²) in [4.78, 5) is 0. The summed E-state index contributed by atoms with van der Waals surface area (Å²) in [7, 11) is 6.09. The molecule has 2 saturated heterocycles. The first-order valence-corrected chi connectivity index (χ1v) is 7.43. The maximum absolute atomic E-state index is 9.84. The van der Waals surface area contributed by atoms with Crippen LogP contribution in [-0.4, -0.2) is 101 Å². The lowest BCUT2D eigenvalue weighted by molar-refractivity contribution is -0.221. The summed E-state index contributed by atoms with van der Waals surface area (Å²) in [5.74, 6) is 0. The summed E-state index contributed by atoms with van der Waals surface area (Å²) < 4.78 is 38.2. The Kier molecular flexibility index (Phi) is 7.14. The van der Waals surface area contributed by atoms with E-state index in [0.29, 0.717) is 6.61 Å². The molecular weight excluding hydrogens is 312 g/mol. The van der Waals surface area contributed by atoms with Crippen LogP contribution in [-0.2, 0) is 33.2 Å². The molecule has 0 spiro atoms. The fourth-order valence-electron chi connectivity index (χ4n) is 3.06. The molecule has 9 heteroatoms. The van der Waals surface area contributed by atoms with Crippen molar-refractivity contribution in [2.45, 2.75) is 49.2 Å². The molecule has 0 radical (unpaired) electrons. The Balaban J connectivity index is 2.10. The molecule has 9 nitrogen and oxygen atoms in total. The van der Waals surface area contributed by atoms with Gasteiger partial charge in [-0.15, -0.1) is 0 Å². The van der Waals surface area contributed by atoms with Crippen LogP contribution in [0.25, 0.3) is 0 Å². The average Bonchev–Trinajstić information content (AvgIpc) is 3.04. The van der Waals surface area contributed by atoms with Gasteiger partial charge in [0.15, 0.2) is 12.6 Å². The van der Waals surface area contributed by atoms with E-state index in [-0.39, 0.29) is 18.8 Å². The van der Waals surface area contributed by atoms with Crippen LogP contribution in [0.4, 0.5) is 0 Å². The Morgan fingerprint density at radius 3 is 2.00 bits per heavy atom. The molecule has 0 saturated carbocycles. The van der Waals surface area contributed by atoms with E-state index in [1.54, 1.807) is 14.2 Å². The lowest BCUT2D eigenvalue weighted by Crippen LogP contribution is -2.44. The molecule has 0 amide bonds. The highest BCUT2D eigenvalue weighted by Gasteiger charge is 2.51. The van der Waals surface area contributed by atoms with Crippen LogP contribution in [0, 0.1) is 0 Å². The number of hydrogen-bond donors (Lipinski definition) is 2. The number of aliphatic hydroxyl groups is 2. The van der Waals surface area contributed by atoms with E-state index in [2.05, 4.69) is 0 Å². The molecule has 2 heterocycles. The third kappa shape index (κ3) is 3.84. The van der Waals surface area contributed by atoms with Crippen molar-refractivity contribution >= 4 is 0 Å². The second-order valence-corrected chi connectivity index (χ2v) is 5.45.